The van der Waals surface area contributed by atoms with E-state index in [1.807, 2.05) is 12.2 Å². The van der Waals surface area contributed by atoms with Crippen LogP contribution in [0.5, 0.6) is 0 Å². The maximum Gasteiger partial charge on any atom is 0.306 e. The number of aliphatic hydroxyl groups is 1. The van der Waals surface area contributed by atoms with E-state index in [-0.39, 0.29) is 25.6 Å². The Balaban J connectivity index is 3.69. The van der Waals surface area contributed by atoms with Gasteiger partial charge in [0.1, 0.15) is 6.61 Å². The molecule has 0 amide bonds. The van der Waals surface area contributed by atoms with Crippen LogP contribution >= 0.6 is 0 Å². The molecule has 5 heteroatoms. The molecule has 0 aliphatic heterocycles. The second-order valence-corrected chi connectivity index (χ2v) is 11.6. The minimum absolute atomic E-state index is 0.102. The van der Waals surface area contributed by atoms with Crippen molar-refractivity contribution in [3.63, 3.8) is 0 Å². The quantitative estimate of drug-likeness (QED) is 0.0471. The van der Waals surface area contributed by atoms with Gasteiger partial charge in [0.2, 0.25) is 0 Å². The summed E-state index contributed by atoms with van der Waals surface area (Å²) < 4.78 is 10.5. The third kappa shape index (κ3) is 34.1. The molecule has 256 valence electrons. The van der Waals surface area contributed by atoms with Crippen molar-refractivity contribution in [3.05, 3.63) is 72.9 Å². The second-order valence-electron chi connectivity index (χ2n) is 11.6. The van der Waals surface area contributed by atoms with Gasteiger partial charge in [-0.25, -0.2) is 0 Å². The van der Waals surface area contributed by atoms with Gasteiger partial charge in [-0.15, -0.1) is 0 Å². The van der Waals surface area contributed by atoms with Gasteiger partial charge in [0.25, 0.3) is 0 Å². The number of carbonyl (C=O) groups is 2. The first-order valence-corrected chi connectivity index (χ1v) is 18.0. The first-order chi connectivity index (χ1) is 22.1. The van der Waals surface area contributed by atoms with Gasteiger partial charge in [-0.1, -0.05) is 138 Å². The molecule has 0 spiro atoms. The van der Waals surface area contributed by atoms with Crippen molar-refractivity contribution < 1.29 is 24.2 Å². The summed E-state index contributed by atoms with van der Waals surface area (Å²) in [6.45, 7) is 3.91. The number of hydrogen-bond donors (Lipinski definition) is 1. The molecule has 1 unspecified atom stereocenters. The molecule has 0 saturated carbocycles. The van der Waals surface area contributed by atoms with E-state index in [0.29, 0.717) is 12.8 Å². The molecule has 0 aromatic heterocycles. The van der Waals surface area contributed by atoms with Crippen molar-refractivity contribution in [1.82, 2.24) is 0 Å². The molecule has 0 bridgehead atoms. The second kappa shape index (κ2) is 35.8. The third-order valence-corrected chi connectivity index (χ3v) is 7.25. The van der Waals surface area contributed by atoms with Crippen LogP contribution in [0, 0.1) is 0 Å². The molecule has 0 aliphatic carbocycles. The number of esters is 2. The van der Waals surface area contributed by atoms with Gasteiger partial charge in [0, 0.05) is 12.8 Å². The van der Waals surface area contributed by atoms with Crippen LogP contribution in [0.25, 0.3) is 0 Å². The predicted octanol–water partition coefficient (Wildman–Crippen LogP) is 11.0. The van der Waals surface area contributed by atoms with E-state index in [1.165, 1.54) is 57.8 Å². The van der Waals surface area contributed by atoms with Crippen molar-refractivity contribution in [1.29, 1.82) is 0 Å². The lowest BCUT2D eigenvalue weighted by Gasteiger charge is -2.15. The van der Waals surface area contributed by atoms with Crippen LogP contribution in [0.2, 0.25) is 0 Å². The average Bonchev–Trinajstić information content (AvgIpc) is 3.04. The highest BCUT2D eigenvalue weighted by Crippen LogP contribution is 2.11. The Morgan fingerprint density at radius 1 is 0.533 bits per heavy atom. The van der Waals surface area contributed by atoms with E-state index in [0.717, 1.165) is 57.8 Å². The minimum atomic E-state index is -0.814. The normalized spacial score (nSPS) is 13.0. The van der Waals surface area contributed by atoms with E-state index >= 15 is 0 Å². The van der Waals surface area contributed by atoms with E-state index in [1.54, 1.807) is 0 Å². The van der Waals surface area contributed by atoms with Gasteiger partial charge in [-0.3, -0.25) is 9.59 Å². The van der Waals surface area contributed by atoms with E-state index in [4.69, 9.17) is 9.47 Å². The van der Waals surface area contributed by atoms with Crippen LogP contribution in [0.4, 0.5) is 0 Å². The summed E-state index contributed by atoms with van der Waals surface area (Å²) in [5, 5.41) is 9.51. The van der Waals surface area contributed by atoms with Crippen molar-refractivity contribution in [3.8, 4) is 0 Å². The summed E-state index contributed by atoms with van der Waals surface area (Å²) in [6, 6.07) is 0. The Morgan fingerprint density at radius 3 is 1.53 bits per heavy atom. The SMILES string of the molecule is CC/C=C\C/C=C\C/C=C\C/C=C\CCC(=O)OC(CO)COC(=O)CCCCCCCCC/C=C\C/C=C\CCCCCC. The highest BCUT2D eigenvalue weighted by molar-refractivity contribution is 5.70. The van der Waals surface area contributed by atoms with Crippen molar-refractivity contribution in [2.24, 2.45) is 0 Å². The van der Waals surface area contributed by atoms with Gasteiger partial charge in [0.05, 0.1) is 6.61 Å². The zero-order chi connectivity index (χ0) is 32.9. The monoisotopic (exact) mass is 626 g/mol. The Kier molecular flexibility index (Phi) is 33.7. The smallest absolute Gasteiger partial charge is 0.306 e. The number of allylic oxidation sites excluding steroid dienone is 12. The molecule has 0 aliphatic rings. The van der Waals surface area contributed by atoms with E-state index in [9.17, 15) is 14.7 Å². The zero-order valence-corrected chi connectivity index (χ0v) is 28.8. The molecule has 0 aromatic carbocycles. The number of ether oxygens (including phenoxy) is 2. The molecule has 45 heavy (non-hydrogen) atoms. The Morgan fingerprint density at radius 2 is 1.00 bits per heavy atom. The Bertz CT molecular complexity index is 849. The summed E-state index contributed by atoms with van der Waals surface area (Å²) in [7, 11) is 0. The lowest BCUT2D eigenvalue weighted by atomic mass is 10.1. The first-order valence-electron chi connectivity index (χ1n) is 18.0. The first kappa shape index (κ1) is 42.3. The fourth-order valence-electron chi connectivity index (χ4n) is 4.54. The Hall–Kier alpha value is -2.66. The lowest BCUT2D eigenvalue weighted by molar-refractivity contribution is -0.161. The molecule has 0 saturated heterocycles. The highest BCUT2D eigenvalue weighted by Gasteiger charge is 2.15. The van der Waals surface area contributed by atoms with Crippen LogP contribution in [-0.2, 0) is 19.1 Å². The maximum absolute atomic E-state index is 12.1. The molecular weight excluding hydrogens is 560 g/mol. The number of unbranched alkanes of at least 4 members (excludes halogenated alkanes) is 11. The van der Waals surface area contributed by atoms with Crippen LogP contribution in [0.15, 0.2) is 72.9 Å². The standard InChI is InChI=1S/C40H66O5/c1-3-5-7-9-11-13-15-17-18-19-20-21-23-24-26-28-30-32-34-39(42)44-37-38(36-41)45-40(43)35-33-31-29-27-25-22-16-14-12-10-8-6-4-2/h6,8,12-15,18-19,22,25,29,31,38,41H,3-5,7,9-11,16-17,20-21,23-24,26-28,30,32-37H2,1-2H3/b8-6-,14-12-,15-13-,19-18-,25-22-,31-29-. The van der Waals surface area contributed by atoms with Crippen molar-refractivity contribution >= 4 is 11.9 Å². The van der Waals surface area contributed by atoms with Gasteiger partial charge in [0.15, 0.2) is 6.10 Å². The largest absolute Gasteiger partial charge is 0.462 e. The van der Waals surface area contributed by atoms with Gasteiger partial charge in [-0.05, 0) is 70.6 Å². The van der Waals surface area contributed by atoms with Gasteiger partial charge >= 0.3 is 11.9 Å². The van der Waals surface area contributed by atoms with Crippen LogP contribution in [-0.4, -0.2) is 36.4 Å². The zero-order valence-electron chi connectivity index (χ0n) is 28.8. The summed E-state index contributed by atoms with van der Waals surface area (Å²) in [5.41, 5.74) is 0. The van der Waals surface area contributed by atoms with Crippen molar-refractivity contribution in [2.45, 2.75) is 155 Å². The highest BCUT2D eigenvalue weighted by atomic mass is 16.6. The van der Waals surface area contributed by atoms with Crippen LogP contribution in [0.3, 0.4) is 0 Å². The van der Waals surface area contributed by atoms with Crippen LogP contribution < -0.4 is 0 Å². The molecule has 0 fully saturated rings. The number of rotatable bonds is 31. The van der Waals surface area contributed by atoms with Crippen molar-refractivity contribution in [2.75, 3.05) is 13.2 Å². The van der Waals surface area contributed by atoms with E-state index in [2.05, 4.69) is 74.6 Å². The van der Waals surface area contributed by atoms with E-state index < -0.39 is 12.1 Å². The molecule has 1 atom stereocenters. The number of aliphatic hydroxyl groups excluding tert-OH is 1. The third-order valence-electron chi connectivity index (χ3n) is 7.25. The molecule has 0 aromatic rings. The predicted molar refractivity (Wildman–Crippen MR) is 191 cm³/mol. The van der Waals surface area contributed by atoms with Gasteiger partial charge < -0.3 is 14.6 Å². The summed E-state index contributed by atoms with van der Waals surface area (Å²) in [5.74, 6) is -0.702. The molecule has 0 heterocycles. The molecule has 5 nitrogen and oxygen atoms in total. The average molecular weight is 627 g/mol. The van der Waals surface area contributed by atoms with Crippen LogP contribution in [0.1, 0.15) is 149 Å². The topological polar surface area (TPSA) is 72.8 Å². The number of hydrogen-bond acceptors (Lipinski definition) is 5. The minimum Gasteiger partial charge on any atom is -0.462 e. The summed E-state index contributed by atoms with van der Waals surface area (Å²) in [4.78, 5) is 24.1. The molecule has 0 rings (SSSR count). The molecule has 0 radical (unpaired) electrons. The number of carbonyl (C=O) groups excluding carboxylic acids is 2. The maximum atomic E-state index is 12.1. The fourth-order valence-corrected chi connectivity index (χ4v) is 4.54. The van der Waals surface area contributed by atoms with Gasteiger partial charge in [-0.2, -0.15) is 0 Å². The summed E-state index contributed by atoms with van der Waals surface area (Å²) in [6.07, 6.45) is 46.8. The lowest BCUT2D eigenvalue weighted by Crippen LogP contribution is -2.28. The fraction of sp³-hybridized carbons (Fsp3) is 0.650. The summed E-state index contributed by atoms with van der Waals surface area (Å²) >= 11 is 0. The molecular formula is C40H66O5. The molecule has 1 N–H and O–H groups in total. The Labute approximate surface area is 276 Å².